The molecule has 6 heteroatoms. The maximum absolute atomic E-state index is 12.5. The Morgan fingerprint density at radius 1 is 1.03 bits per heavy atom. The lowest BCUT2D eigenvalue weighted by Gasteiger charge is -2.21. The Morgan fingerprint density at radius 2 is 1.76 bits per heavy atom. The van der Waals surface area contributed by atoms with E-state index in [9.17, 15) is 4.79 Å². The van der Waals surface area contributed by atoms with Crippen molar-refractivity contribution in [1.29, 1.82) is 0 Å². The van der Waals surface area contributed by atoms with Crippen LogP contribution in [-0.4, -0.2) is 33.3 Å². The molecule has 2 aromatic carbocycles. The maximum atomic E-state index is 12.5. The van der Waals surface area contributed by atoms with Crippen molar-refractivity contribution in [3.05, 3.63) is 47.5 Å². The lowest BCUT2D eigenvalue weighted by Crippen LogP contribution is -2.16. The zero-order chi connectivity index (χ0) is 21.0. The molecule has 29 heavy (non-hydrogen) atoms. The van der Waals surface area contributed by atoms with Crippen molar-refractivity contribution in [2.24, 2.45) is 0 Å². The molecule has 0 spiro atoms. The standard InChI is InChI=1S/C23H27NO5/c1-23(2,3)16-7-8-18(26-4)17(14-16)24-21(25)9-6-15-12-19(27-5)22-20(13-15)28-10-11-29-22/h6-9,12-14H,10-11H2,1-5H3,(H,24,25)/b9-6+. The maximum Gasteiger partial charge on any atom is 0.248 e. The fourth-order valence-corrected chi connectivity index (χ4v) is 3.01. The number of ether oxygens (including phenoxy) is 4. The first kappa shape index (κ1) is 20.6. The molecule has 1 aliphatic rings. The predicted molar refractivity (Wildman–Crippen MR) is 113 cm³/mol. The summed E-state index contributed by atoms with van der Waals surface area (Å²) in [5.74, 6) is 2.12. The molecule has 0 bridgehead atoms. The summed E-state index contributed by atoms with van der Waals surface area (Å²) in [6.45, 7) is 7.32. The van der Waals surface area contributed by atoms with Crippen molar-refractivity contribution in [1.82, 2.24) is 0 Å². The molecular weight excluding hydrogens is 370 g/mol. The Labute approximate surface area is 171 Å². The van der Waals surface area contributed by atoms with Gasteiger partial charge < -0.3 is 24.3 Å². The van der Waals surface area contributed by atoms with Gasteiger partial charge in [-0.05, 0) is 46.9 Å². The van der Waals surface area contributed by atoms with E-state index in [4.69, 9.17) is 18.9 Å². The van der Waals surface area contributed by atoms with Crippen LogP contribution in [0.15, 0.2) is 36.4 Å². The molecule has 1 aliphatic heterocycles. The third-order valence-electron chi connectivity index (χ3n) is 4.60. The van der Waals surface area contributed by atoms with Gasteiger partial charge in [0, 0.05) is 6.08 Å². The van der Waals surface area contributed by atoms with Crippen LogP contribution < -0.4 is 24.3 Å². The van der Waals surface area contributed by atoms with Crippen LogP contribution in [0.4, 0.5) is 5.69 Å². The number of fused-ring (bicyclic) bond motifs is 1. The van der Waals surface area contributed by atoms with Crippen molar-refractivity contribution in [2.75, 3.05) is 32.8 Å². The highest BCUT2D eigenvalue weighted by atomic mass is 16.6. The SMILES string of the molecule is COc1ccc(C(C)(C)C)cc1NC(=O)/C=C/c1cc(OC)c2c(c1)OCCO2. The van der Waals surface area contributed by atoms with Crippen LogP contribution in [0.1, 0.15) is 31.9 Å². The van der Waals surface area contributed by atoms with Gasteiger partial charge in [0.05, 0.1) is 19.9 Å². The van der Waals surface area contributed by atoms with Crippen molar-refractivity contribution >= 4 is 17.7 Å². The second kappa shape index (κ2) is 8.47. The molecule has 0 saturated carbocycles. The van der Waals surface area contributed by atoms with Crippen LogP contribution in [-0.2, 0) is 10.2 Å². The lowest BCUT2D eigenvalue weighted by molar-refractivity contribution is -0.111. The fraction of sp³-hybridized carbons (Fsp3) is 0.348. The molecule has 1 heterocycles. The summed E-state index contributed by atoms with van der Waals surface area (Å²) < 4.78 is 22.0. The van der Waals surface area contributed by atoms with Crippen LogP contribution in [0.25, 0.3) is 6.08 Å². The van der Waals surface area contributed by atoms with E-state index in [-0.39, 0.29) is 11.3 Å². The second-order valence-corrected chi connectivity index (χ2v) is 7.73. The van der Waals surface area contributed by atoms with E-state index in [1.165, 1.54) is 6.08 Å². The minimum Gasteiger partial charge on any atom is -0.495 e. The lowest BCUT2D eigenvalue weighted by atomic mass is 9.87. The number of hydrogen-bond donors (Lipinski definition) is 1. The number of nitrogens with one attached hydrogen (secondary N) is 1. The number of carbonyl (C=O) groups excluding carboxylic acids is 1. The molecule has 6 nitrogen and oxygen atoms in total. The van der Waals surface area contributed by atoms with Gasteiger partial charge in [0.15, 0.2) is 11.5 Å². The van der Waals surface area contributed by atoms with E-state index in [2.05, 4.69) is 26.1 Å². The number of methoxy groups -OCH3 is 2. The molecule has 1 amide bonds. The zero-order valence-electron chi connectivity index (χ0n) is 17.5. The Balaban J connectivity index is 1.80. The summed E-state index contributed by atoms with van der Waals surface area (Å²) in [5, 5.41) is 2.90. The zero-order valence-corrected chi connectivity index (χ0v) is 17.5. The minimum absolute atomic E-state index is 0.0383. The summed E-state index contributed by atoms with van der Waals surface area (Å²) in [6, 6.07) is 9.44. The van der Waals surface area contributed by atoms with Gasteiger partial charge >= 0.3 is 0 Å². The molecule has 0 fully saturated rings. The molecule has 3 rings (SSSR count). The Bertz CT molecular complexity index is 910. The Kier molecular flexibility index (Phi) is 6.01. The number of rotatable bonds is 5. The number of anilines is 1. The van der Waals surface area contributed by atoms with Gasteiger partial charge in [-0.3, -0.25) is 4.79 Å². The molecule has 154 valence electrons. The van der Waals surface area contributed by atoms with Crippen molar-refractivity contribution < 1.29 is 23.7 Å². The normalized spacial score (nSPS) is 13.3. The third kappa shape index (κ3) is 4.83. The highest BCUT2D eigenvalue weighted by molar-refractivity contribution is 6.03. The summed E-state index contributed by atoms with van der Waals surface area (Å²) in [4.78, 5) is 12.5. The largest absolute Gasteiger partial charge is 0.495 e. The van der Waals surface area contributed by atoms with E-state index >= 15 is 0 Å². The van der Waals surface area contributed by atoms with Crippen molar-refractivity contribution in [3.8, 4) is 23.0 Å². The van der Waals surface area contributed by atoms with Crippen LogP contribution in [0.5, 0.6) is 23.0 Å². The molecule has 0 radical (unpaired) electrons. The molecule has 0 saturated heterocycles. The van der Waals surface area contributed by atoms with Gasteiger partial charge in [-0.25, -0.2) is 0 Å². The van der Waals surface area contributed by atoms with Gasteiger partial charge in [0.25, 0.3) is 0 Å². The summed E-state index contributed by atoms with van der Waals surface area (Å²) in [6.07, 6.45) is 3.17. The topological polar surface area (TPSA) is 66.0 Å². The number of carbonyl (C=O) groups is 1. The Morgan fingerprint density at radius 3 is 2.45 bits per heavy atom. The number of hydrogen-bond acceptors (Lipinski definition) is 5. The molecule has 0 aromatic heterocycles. The fourth-order valence-electron chi connectivity index (χ4n) is 3.01. The first-order chi connectivity index (χ1) is 13.8. The molecule has 1 N–H and O–H groups in total. The van der Waals surface area contributed by atoms with E-state index in [1.54, 1.807) is 26.4 Å². The monoisotopic (exact) mass is 397 g/mol. The van der Waals surface area contributed by atoms with E-state index in [0.717, 1.165) is 11.1 Å². The molecule has 0 atom stereocenters. The van der Waals surface area contributed by atoms with E-state index < -0.39 is 0 Å². The van der Waals surface area contributed by atoms with Crippen LogP contribution in [0.3, 0.4) is 0 Å². The van der Waals surface area contributed by atoms with E-state index in [1.807, 2.05) is 24.3 Å². The van der Waals surface area contributed by atoms with E-state index in [0.29, 0.717) is 41.9 Å². The molecule has 0 aliphatic carbocycles. The quantitative estimate of drug-likeness (QED) is 0.757. The minimum atomic E-state index is -0.261. The van der Waals surface area contributed by atoms with Crippen LogP contribution >= 0.6 is 0 Å². The molecule has 0 unspecified atom stereocenters. The van der Waals surface area contributed by atoms with Gasteiger partial charge in [-0.15, -0.1) is 0 Å². The number of benzene rings is 2. The Hall–Kier alpha value is -3.15. The smallest absolute Gasteiger partial charge is 0.248 e. The molecular formula is C23H27NO5. The second-order valence-electron chi connectivity index (χ2n) is 7.73. The highest BCUT2D eigenvalue weighted by Crippen LogP contribution is 2.40. The number of amides is 1. The average Bonchev–Trinajstić information content (AvgIpc) is 2.70. The summed E-state index contributed by atoms with van der Waals surface area (Å²) in [7, 11) is 3.15. The van der Waals surface area contributed by atoms with Gasteiger partial charge in [-0.2, -0.15) is 0 Å². The average molecular weight is 397 g/mol. The summed E-state index contributed by atoms with van der Waals surface area (Å²) >= 11 is 0. The van der Waals surface area contributed by atoms with Crippen molar-refractivity contribution in [2.45, 2.75) is 26.2 Å². The highest BCUT2D eigenvalue weighted by Gasteiger charge is 2.18. The van der Waals surface area contributed by atoms with Gasteiger partial charge in [0.2, 0.25) is 11.7 Å². The predicted octanol–water partition coefficient (Wildman–Crippen LogP) is 4.42. The van der Waals surface area contributed by atoms with Crippen LogP contribution in [0.2, 0.25) is 0 Å². The van der Waals surface area contributed by atoms with Gasteiger partial charge in [-0.1, -0.05) is 26.8 Å². The van der Waals surface area contributed by atoms with Crippen molar-refractivity contribution in [3.63, 3.8) is 0 Å². The van der Waals surface area contributed by atoms with Crippen LogP contribution in [0, 0.1) is 0 Å². The first-order valence-corrected chi connectivity index (χ1v) is 9.47. The molecule has 2 aromatic rings. The third-order valence-corrected chi connectivity index (χ3v) is 4.60. The van der Waals surface area contributed by atoms with Gasteiger partial charge in [0.1, 0.15) is 19.0 Å². The first-order valence-electron chi connectivity index (χ1n) is 9.47. The summed E-state index contributed by atoms with van der Waals surface area (Å²) in [5.41, 5.74) is 2.48.